The number of carbonyl (C=O) groups excluding carboxylic acids is 2. The number of benzene rings is 1. The highest BCUT2D eigenvalue weighted by atomic mass is 32.2. The summed E-state index contributed by atoms with van der Waals surface area (Å²) >= 11 is 1.45. The van der Waals surface area contributed by atoms with Crippen LogP contribution in [0.2, 0.25) is 0 Å². The summed E-state index contributed by atoms with van der Waals surface area (Å²) in [6, 6.07) is 6.78. The van der Waals surface area contributed by atoms with Crippen molar-refractivity contribution < 1.29 is 18.0 Å². The maximum absolute atomic E-state index is 12.0. The first-order chi connectivity index (χ1) is 12.3. The van der Waals surface area contributed by atoms with E-state index < -0.39 is 9.84 Å². The molecule has 0 aliphatic carbocycles. The molecule has 2 aliphatic rings. The highest BCUT2D eigenvalue weighted by Gasteiger charge is 2.42. The molecule has 0 bridgehead atoms. The Morgan fingerprint density at radius 1 is 1.15 bits per heavy atom. The van der Waals surface area contributed by atoms with E-state index in [1.165, 1.54) is 18.7 Å². The Morgan fingerprint density at radius 3 is 2.50 bits per heavy atom. The van der Waals surface area contributed by atoms with Gasteiger partial charge >= 0.3 is 0 Å². The number of amides is 2. The Kier molecular flexibility index (Phi) is 5.52. The summed E-state index contributed by atoms with van der Waals surface area (Å²) in [5, 5.41) is 9.20. The maximum atomic E-state index is 12.0. The number of amidine groups is 1. The van der Waals surface area contributed by atoms with Gasteiger partial charge in [0.05, 0.1) is 17.5 Å². The van der Waals surface area contributed by atoms with E-state index in [-0.39, 0.29) is 34.6 Å². The van der Waals surface area contributed by atoms with E-state index in [0.29, 0.717) is 23.8 Å². The van der Waals surface area contributed by atoms with Gasteiger partial charge in [-0.2, -0.15) is 0 Å². The zero-order valence-corrected chi connectivity index (χ0v) is 15.8. The number of hydrogen-bond donors (Lipinski definition) is 3. The largest absolute Gasteiger partial charge is 0.355 e. The molecular weight excluding hydrogens is 376 g/mol. The molecule has 3 rings (SSSR count). The lowest BCUT2D eigenvalue weighted by atomic mass is 10.2. The number of hydrogen-bond acceptors (Lipinski definition) is 7. The summed E-state index contributed by atoms with van der Waals surface area (Å²) in [5.74, 6) is -0.0551. The quantitative estimate of drug-likeness (QED) is 0.614. The van der Waals surface area contributed by atoms with E-state index in [1.54, 1.807) is 24.3 Å². The molecule has 1 fully saturated rings. The van der Waals surface area contributed by atoms with Crippen LogP contribution in [-0.4, -0.2) is 61.3 Å². The molecule has 2 aliphatic heterocycles. The van der Waals surface area contributed by atoms with Crippen molar-refractivity contribution in [2.45, 2.75) is 18.2 Å². The van der Waals surface area contributed by atoms with Crippen LogP contribution in [0.25, 0.3) is 0 Å². The average molecular weight is 396 g/mol. The van der Waals surface area contributed by atoms with E-state index >= 15 is 0 Å². The van der Waals surface area contributed by atoms with Crippen LogP contribution in [0.1, 0.15) is 17.3 Å². The Morgan fingerprint density at radius 2 is 1.85 bits per heavy atom. The SMILES string of the molecule is CC(=O)NCCNC(=O)c1ccc(NC2=N[C@@H]3CS(=O)(=O)C[C@@H]3S2)cc1. The summed E-state index contributed by atoms with van der Waals surface area (Å²) in [7, 11) is -2.95. The molecule has 2 heterocycles. The number of rotatable bonds is 5. The predicted octanol–water partition coefficient (Wildman–Crippen LogP) is 0.233. The van der Waals surface area contributed by atoms with E-state index in [2.05, 4.69) is 20.9 Å². The van der Waals surface area contributed by atoms with Crippen molar-refractivity contribution in [2.24, 2.45) is 4.99 Å². The molecule has 0 aromatic heterocycles. The van der Waals surface area contributed by atoms with Gasteiger partial charge in [0.15, 0.2) is 15.0 Å². The molecule has 0 unspecified atom stereocenters. The average Bonchev–Trinajstić information content (AvgIpc) is 3.04. The van der Waals surface area contributed by atoms with E-state index in [1.807, 2.05) is 0 Å². The monoisotopic (exact) mass is 396 g/mol. The number of thioether (sulfide) groups is 1. The Balaban J connectivity index is 1.51. The first kappa shape index (κ1) is 18.7. The number of anilines is 1. The van der Waals surface area contributed by atoms with Crippen LogP contribution in [0.3, 0.4) is 0 Å². The van der Waals surface area contributed by atoms with Crippen LogP contribution in [0, 0.1) is 0 Å². The highest BCUT2D eigenvalue weighted by molar-refractivity contribution is 8.15. The van der Waals surface area contributed by atoms with Crippen LogP contribution < -0.4 is 16.0 Å². The third-order valence-corrected chi connectivity index (χ3v) is 7.14. The highest BCUT2D eigenvalue weighted by Crippen LogP contribution is 2.34. The zero-order chi connectivity index (χ0) is 18.7. The first-order valence-corrected chi connectivity index (χ1v) is 10.9. The van der Waals surface area contributed by atoms with Gasteiger partial charge in [-0.05, 0) is 24.3 Å². The van der Waals surface area contributed by atoms with Gasteiger partial charge in [0, 0.05) is 36.5 Å². The maximum Gasteiger partial charge on any atom is 0.251 e. The Hall–Kier alpha value is -2.07. The smallest absolute Gasteiger partial charge is 0.251 e. The molecule has 8 nitrogen and oxygen atoms in total. The van der Waals surface area contributed by atoms with Crippen LogP contribution in [0.4, 0.5) is 5.69 Å². The van der Waals surface area contributed by atoms with E-state index in [9.17, 15) is 18.0 Å². The first-order valence-electron chi connectivity index (χ1n) is 8.17. The van der Waals surface area contributed by atoms with Crippen molar-refractivity contribution in [2.75, 3.05) is 29.9 Å². The summed E-state index contributed by atoms with van der Waals surface area (Å²) in [6.07, 6.45) is 0. The second kappa shape index (κ2) is 7.67. The predicted molar refractivity (Wildman–Crippen MR) is 102 cm³/mol. The lowest BCUT2D eigenvalue weighted by Crippen LogP contribution is -2.33. The number of sulfone groups is 1. The molecule has 1 saturated heterocycles. The standard InChI is InChI=1S/C16H20N4O4S2/c1-10(21)17-6-7-18-15(22)11-2-4-12(5-3-11)19-16-20-13-8-26(23,24)9-14(13)25-16/h2-5,13-14H,6-9H2,1H3,(H,17,21)(H,18,22)(H,19,20)/t13-,14+/m1/s1. The molecule has 26 heavy (non-hydrogen) atoms. The summed E-state index contributed by atoms with van der Waals surface area (Å²) in [6.45, 7) is 2.17. The third kappa shape index (κ3) is 4.76. The second-order valence-electron chi connectivity index (χ2n) is 6.18. The number of carbonyl (C=O) groups is 2. The number of nitrogens with zero attached hydrogens (tertiary/aromatic N) is 1. The fraction of sp³-hybridized carbons (Fsp3) is 0.438. The zero-order valence-electron chi connectivity index (χ0n) is 14.2. The lowest BCUT2D eigenvalue weighted by Gasteiger charge is -2.09. The van der Waals surface area contributed by atoms with E-state index in [0.717, 1.165) is 5.69 Å². The number of fused-ring (bicyclic) bond motifs is 1. The van der Waals surface area contributed by atoms with Crippen molar-refractivity contribution in [3.8, 4) is 0 Å². The molecule has 140 valence electrons. The minimum Gasteiger partial charge on any atom is -0.355 e. The number of aliphatic imine (C=N–C) groups is 1. The van der Waals surface area contributed by atoms with Crippen molar-refractivity contribution in [1.29, 1.82) is 0 Å². The van der Waals surface area contributed by atoms with Gasteiger partial charge in [0.1, 0.15) is 0 Å². The number of nitrogens with one attached hydrogen (secondary N) is 3. The van der Waals surface area contributed by atoms with Gasteiger partial charge < -0.3 is 16.0 Å². The van der Waals surface area contributed by atoms with Gasteiger partial charge in [-0.25, -0.2) is 8.42 Å². The van der Waals surface area contributed by atoms with Crippen LogP contribution in [0.5, 0.6) is 0 Å². The topological polar surface area (TPSA) is 117 Å². The summed E-state index contributed by atoms with van der Waals surface area (Å²) in [4.78, 5) is 27.2. The Labute approximate surface area is 156 Å². The van der Waals surface area contributed by atoms with Gasteiger partial charge in [-0.15, -0.1) is 0 Å². The molecule has 1 aromatic carbocycles. The molecule has 0 spiro atoms. The molecule has 0 saturated carbocycles. The molecule has 2 atom stereocenters. The van der Waals surface area contributed by atoms with Crippen molar-refractivity contribution in [1.82, 2.24) is 10.6 Å². The minimum absolute atomic E-state index is 0.00355. The summed E-state index contributed by atoms with van der Waals surface area (Å²) < 4.78 is 23.2. The van der Waals surface area contributed by atoms with Crippen molar-refractivity contribution >= 4 is 44.3 Å². The molecule has 10 heteroatoms. The molecular formula is C16H20N4O4S2. The van der Waals surface area contributed by atoms with Gasteiger partial charge in [0.25, 0.3) is 5.91 Å². The molecule has 0 radical (unpaired) electrons. The van der Waals surface area contributed by atoms with Gasteiger partial charge in [-0.1, -0.05) is 11.8 Å². The minimum atomic E-state index is -2.95. The van der Waals surface area contributed by atoms with E-state index in [4.69, 9.17) is 0 Å². The van der Waals surface area contributed by atoms with Crippen molar-refractivity contribution in [3.63, 3.8) is 0 Å². The van der Waals surface area contributed by atoms with Crippen LogP contribution in [0.15, 0.2) is 29.3 Å². The second-order valence-corrected chi connectivity index (χ2v) is 9.56. The van der Waals surface area contributed by atoms with Crippen LogP contribution in [-0.2, 0) is 14.6 Å². The fourth-order valence-corrected chi connectivity index (χ4v) is 6.44. The fourth-order valence-electron chi connectivity index (χ4n) is 2.76. The Bertz CT molecular complexity index is 836. The van der Waals surface area contributed by atoms with Gasteiger partial charge in [-0.3, -0.25) is 14.6 Å². The molecule has 1 aromatic rings. The lowest BCUT2D eigenvalue weighted by molar-refractivity contribution is -0.118. The summed E-state index contributed by atoms with van der Waals surface area (Å²) in [5.41, 5.74) is 1.30. The molecule has 2 amide bonds. The van der Waals surface area contributed by atoms with Crippen LogP contribution >= 0.6 is 11.8 Å². The normalized spacial score (nSPS) is 23.0. The third-order valence-electron chi connectivity index (χ3n) is 4.00. The van der Waals surface area contributed by atoms with Crippen molar-refractivity contribution in [3.05, 3.63) is 29.8 Å². The molecule has 3 N–H and O–H groups in total. The van der Waals surface area contributed by atoms with Gasteiger partial charge in [0.2, 0.25) is 5.91 Å².